The van der Waals surface area contributed by atoms with Crippen LogP contribution in [0.2, 0.25) is 0 Å². The molecule has 3 aromatic carbocycles. The van der Waals surface area contributed by atoms with E-state index in [1.54, 1.807) is 9.81 Å². The third-order valence-corrected chi connectivity index (χ3v) is 15.5. The summed E-state index contributed by atoms with van der Waals surface area (Å²) >= 11 is -2.24. The summed E-state index contributed by atoms with van der Waals surface area (Å²) in [6.45, 7) is 15.3. The van der Waals surface area contributed by atoms with Gasteiger partial charge in [0.15, 0.2) is 0 Å². The van der Waals surface area contributed by atoms with E-state index in [0.717, 1.165) is 25.9 Å². The van der Waals surface area contributed by atoms with Crippen LogP contribution in [0.5, 0.6) is 0 Å². The first-order valence-electron chi connectivity index (χ1n) is 11.3. The third-order valence-electron chi connectivity index (χ3n) is 5.30. The van der Waals surface area contributed by atoms with Gasteiger partial charge >= 0.3 is 161 Å². The van der Waals surface area contributed by atoms with Gasteiger partial charge < -0.3 is 5.32 Å². The Morgan fingerprint density at radius 1 is 0.633 bits per heavy atom. The van der Waals surface area contributed by atoms with Gasteiger partial charge in [0.25, 0.3) is 0 Å². The number of benzene rings is 3. The zero-order valence-electron chi connectivity index (χ0n) is 19.6. The molecule has 0 spiro atoms. The van der Waals surface area contributed by atoms with Crippen LogP contribution in [0.1, 0.15) is 49.9 Å². The van der Waals surface area contributed by atoms with Gasteiger partial charge in [-0.15, -0.1) is 0 Å². The standard InChI is InChI=1S/3C8H9.C4H11N.Bi/c1-7-4-3-5-8(2)6-7;2*1-2-8-6-4-3-5-7-8;1-3-5-4-2;/h3-4,6H,1-2H3;2*4-7H,2H2,1H3;5H,3-4H2,1-2H3;. The van der Waals surface area contributed by atoms with Gasteiger partial charge in [-0.2, -0.15) is 0 Å². The van der Waals surface area contributed by atoms with Gasteiger partial charge in [-0.05, 0) is 13.1 Å². The predicted octanol–water partition coefficient (Wildman–Crippen LogP) is 4.56. The minimum atomic E-state index is -2.24. The Morgan fingerprint density at radius 3 is 1.43 bits per heavy atom. The average Bonchev–Trinajstić information content (AvgIpc) is 2.77. The number of hydrogen-bond acceptors (Lipinski definition) is 1. The van der Waals surface area contributed by atoms with E-state index >= 15 is 0 Å². The molecular formula is C28H38BiN. The van der Waals surface area contributed by atoms with E-state index in [2.05, 4.69) is 114 Å². The molecule has 3 rings (SSSR count). The topological polar surface area (TPSA) is 12.0 Å². The molecule has 0 heterocycles. The van der Waals surface area contributed by atoms with Crippen molar-refractivity contribution in [3.63, 3.8) is 0 Å². The molecule has 0 aliphatic heterocycles. The van der Waals surface area contributed by atoms with Gasteiger partial charge in [0, 0.05) is 0 Å². The van der Waals surface area contributed by atoms with E-state index in [0.29, 0.717) is 0 Å². The van der Waals surface area contributed by atoms with Gasteiger partial charge in [-0.1, -0.05) is 13.8 Å². The maximum absolute atomic E-state index is 3.11. The summed E-state index contributed by atoms with van der Waals surface area (Å²) in [4.78, 5) is 0. The van der Waals surface area contributed by atoms with Crippen molar-refractivity contribution in [2.75, 3.05) is 13.1 Å². The summed E-state index contributed by atoms with van der Waals surface area (Å²) in [6, 6.07) is 25.9. The second-order valence-electron chi connectivity index (χ2n) is 7.62. The molecule has 2 heteroatoms. The molecule has 30 heavy (non-hydrogen) atoms. The van der Waals surface area contributed by atoms with E-state index in [1.165, 1.54) is 22.3 Å². The van der Waals surface area contributed by atoms with Crippen LogP contribution in [0.3, 0.4) is 0 Å². The minimum absolute atomic E-state index is 1.09. The molecule has 0 aliphatic carbocycles. The molecule has 0 saturated carbocycles. The molecule has 1 N–H and O–H groups in total. The van der Waals surface area contributed by atoms with Gasteiger partial charge in [0.2, 0.25) is 0 Å². The fourth-order valence-electron chi connectivity index (χ4n) is 3.49. The molecule has 0 bridgehead atoms. The first-order chi connectivity index (χ1) is 14.5. The molecule has 160 valence electrons. The van der Waals surface area contributed by atoms with E-state index in [4.69, 9.17) is 0 Å². The van der Waals surface area contributed by atoms with Crippen molar-refractivity contribution >= 4 is 31.6 Å². The molecule has 3 aromatic rings. The van der Waals surface area contributed by atoms with Crippen LogP contribution in [-0.2, 0) is 12.8 Å². The van der Waals surface area contributed by atoms with E-state index in [9.17, 15) is 0 Å². The summed E-state index contributed by atoms with van der Waals surface area (Å²) in [6.07, 6.45) is 2.21. The second-order valence-corrected chi connectivity index (χ2v) is 16.1. The third kappa shape index (κ3) is 7.03. The van der Waals surface area contributed by atoms with Gasteiger partial charge in [-0.25, -0.2) is 0 Å². The Morgan fingerprint density at radius 2 is 1.10 bits per heavy atom. The fraction of sp³-hybridized carbons (Fsp3) is 0.357. The molecule has 0 amide bonds. The summed E-state index contributed by atoms with van der Waals surface area (Å²) in [5.74, 6) is 0. The molecule has 0 fully saturated rings. The SMILES string of the molecule is CCNCC.CCc1cc[c]([Bi]([c]2ccc(CC)cc2)[c]2ccc(C)cc2C)cc1. The average molecular weight is 598 g/mol. The van der Waals surface area contributed by atoms with E-state index in [-0.39, 0.29) is 0 Å². The zero-order chi connectivity index (χ0) is 21.9. The number of nitrogens with one attached hydrogen (secondary N) is 1. The van der Waals surface area contributed by atoms with Gasteiger partial charge in [0.05, 0.1) is 0 Å². The number of hydrogen-bond donors (Lipinski definition) is 1. The monoisotopic (exact) mass is 597 g/mol. The fourth-order valence-corrected chi connectivity index (χ4v) is 12.8. The molecule has 0 unspecified atom stereocenters. The Bertz CT molecular complexity index is 832. The first-order valence-corrected chi connectivity index (χ1v) is 16.5. The summed E-state index contributed by atoms with van der Waals surface area (Å²) in [7, 11) is 0. The first kappa shape index (κ1) is 24.8. The number of aryl methyl sites for hydroxylation is 4. The molecular weight excluding hydrogens is 559 g/mol. The Hall–Kier alpha value is -1.50. The van der Waals surface area contributed by atoms with Crippen molar-refractivity contribution in [1.82, 2.24) is 5.32 Å². The molecule has 0 radical (unpaired) electrons. The summed E-state index contributed by atoms with van der Waals surface area (Å²) in [5, 5.41) is 3.11. The van der Waals surface area contributed by atoms with Crippen LogP contribution in [-0.4, -0.2) is 34.8 Å². The van der Waals surface area contributed by atoms with Gasteiger partial charge in [-0.3, -0.25) is 0 Å². The molecule has 0 aromatic heterocycles. The second kappa shape index (κ2) is 13.0. The van der Waals surface area contributed by atoms with Crippen molar-refractivity contribution in [3.05, 3.63) is 89.0 Å². The van der Waals surface area contributed by atoms with Crippen molar-refractivity contribution < 1.29 is 0 Å². The van der Waals surface area contributed by atoms with Crippen LogP contribution >= 0.6 is 0 Å². The molecule has 1 nitrogen and oxygen atoms in total. The molecule has 0 saturated heterocycles. The Kier molecular flexibility index (Phi) is 10.8. The van der Waals surface area contributed by atoms with E-state index in [1.807, 2.05) is 0 Å². The van der Waals surface area contributed by atoms with Crippen LogP contribution in [0.15, 0.2) is 66.7 Å². The summed E-state index contributed by atoms with van der Waals surface area (Å²) in [5.41, 5.74) is 5.66. The normalized spacial score (nSPS) is 10.6. The Labute approximate surface area is 192 Å². The van der Waals surface area contributed by atoms with Gasteiger partial charge in [0.1, 0.15) is 0 Å². The molecule has 0 aliphatic rings. The number of rotatable bonds is 7. The van der Waals surface area contributed by atoms with Crippen LogP contribution in [0.4, 0.5) is 0 Å². The predicted molar refractivity (Wildman–Crippen MR) is 136 cm³/mol. The summed E-state index contributed by atoms with van der Waals surface area (Å²) < 4.78 is 4.75. The van der Waals surface area contributed by atoms with Crippen molar-refractivity contribution in [1.29, 1.82) is 0 Å². The van der Waals surface area contributed by atoms with Crippen molar-refractivity contribution in [2.45, 2.75) is 54.4 Å². The quantitative estimate of drug-likeness (QED) is 0.394. The van der Waals surface area contributed by atoms with Crippen LogP contribution < -0.4 is 15.1 Å². The van der Waals surface area contributed by atoms with Crippen LogP contribution in [0, 0.1) is 13.8 Å². The zero-order valence-corrected chi connectivity index (χ0v) is 23.1. The van der Waals surface area contributed by atoms with Crippen molar-refractivity contribution in [3.8, 4) is 0 Å². The maximum atomic E-state index is 3.11. The van der Waals surface area contributed by atoms with Crippen molar-refractivity contribution in [2.24, 2.45) is 0 Å². The van der Waals surface area contributed by atoms with Crippen LogP contribution in [0.25, 0.3) is 0 Å². The van der Waals surface area contributed by atoms with E-state index < -0.39 is 21.8 Å². The molecule has 0 atom stereocenters. The Balaban J connectivity index is 0.000000575.